The first-order valence-corrected chi connectivity index (χ1v) is 30.5. The molecule has 1 aliphatic heterocycles. The SMILES string of the molecule is C/C=C/C[C@@H](C)C[C@H]1C(=O)N[C@@H](CC)C(=O)N(C)CC(=O)N(C)[C@@H]([C@H](C)COC)C(=O)NC(C(C)C)C(=O)N(C)[C@@H](CC(C)C)C(=O)N[C@@H](C)C(=O)N[C@H](C)C(=O)N(C)[C@@H](CC(C)C)C(=O)N(C)[C@@H](CC(C)C)C(=O)N(C)C(C(C)C)C(=O)N1C. The second-order valence-corrected chi connectivity index (χ2v) is 25.8. The number of allylic oxidation sites excluding steroid dienone is 2. The Kier molecular flexibility index (Phi) is 32.1. The van der Waals surface area contributed by atoms with Gasteiger partial charge in [0.15, 0.2) is 0 Å². The molecule has 0 aromatic rings. The molecule has 0 bridgehead atoms. The number of nitrogens with one attached hydrogen (secondary N) is 4. The van der Waals surface area contributed by atoms with E-state index in [0.29, 0.717) is 6.42 Å². The highest BCUT2D eigenvalue weighted by Crippen LogP contribution is 2.25. The van der Waals surface area contributed by atoms with E-state index in [-0.39, 0.29) is 62.4 Å². The maximum Gasteiger partial charge on any atom is 0.246 e. The number of likely N-dealkylation sites (N-methyl/N-ethyl adjacent to an activating group) is 7. The molecule has 0 aromatic carbocycles. The fraction of sp³-hybridized carbons (Fsp3) is 0.790. The zero-order chi connectivity index (χ0) is 65.8. The van der Waals surface area contributed by atoms with Crippen molar-refractivity contribution in [2.45, 2.75) is 210 Å². The third kappa shape index (κ3) is 22.0. The van der Waals surface area contributed by atoms with Gasteiger partial charge in [-0.1, -0.05) is 102 Å². The molecule has 23 heteroatoms. The molecule has 11 amide bonds. The van der Waals surface area contributed by atoms with Gasteiger partial charge in [0, 0.05) is 62.4 Å². The topological polar surface area (TPSA) is 268 Å². The highest BCUT2D eigenvalue weighted by atomic mass is 16.5. The van der Waals surface area contributed by atoms with Crippen LogP contribution in [0, 0.1) is 41.4 Å². The quantitative estimate of drug-likeness (QED) is 0.162. The summed E-state index contributed by atoms with van der Waals surface area (Å²) < 4.78 is 5.44. The zero-order valence-corrected chi connectivity index (χ0v) is 56.2. The van der Waals surface area contributed by atoms with E-state index in [1.54, 1.807) is 41.5 Å². The molecule has 0 saturated carbocycles. The number of hydrogen-bond acceptors (Lipinski definition) is 12. The van der Waals surface area contributed by atoms with Gasteiger partial charge in [-0.3, -0.25) is 52.7 Å². The van der Waals surface area contributed by atoms with Crippen molar-refractivity contribution in [1.29, 1.82) is 0 Å². The van der Waals surface area contributed by atoms with Gasteiger partial charge in [-0.15, -0.1) is 0 Å². The maximum atomic E-state index is 15.1. The molecule has 0 radical (unpaired) electrons. The molecule has 1 heterocycles. The second kappa shape index (κ2) is 35.5. The van der Waals surface area contributed by atoms with Crippen molar-refractivity contribution in [1.82, 2.24) is 55.6 Å². The van der Waals surface area contributed by atoms with E-state index in [1.807, 2.05) is 67.5 Å². The molecule has 0 aromatic heterocycles. The average molecular weight is 1200 g/mol. The number of carbonyl (C=O) groups is 11. The molecule has 1 rings (SSSR count). The van der Waals surface area contributed by atoms with E-state index < -0.39 is 150 Å². The van der Waals surface area contributed by atoms with Crippen molar-refractivity contribution in [2.75, 3.05) is 69.6 Å². The minimum Gasteiger partial charge on any atom is -0.384 e. The molecule has 2 unspecified atom stereocenters. The van der Waals surface area contributed by atoms with Crippen LogP contribution in [0.4, 0.5) is 0 Å². The maximum absolute atomic E-state index is 15.1. The molecule has 1 aliphatic rings. The molecule has 486 valence electrons. The van der Waals surface area contributed by atoms with E-state index in [4.69, 9.17) is 4.74 Å². The average Bonchev–Trinajstić information content (AvgIpc) is 3.50. The van der Waals surface area contributed by atoms with Gasteiger partial charge in [-0.2, -0.15) is 0 Å². The van der Waals surface area contributed by atoms with Gasteiger partial charge in [-0.25, -0.2) is 0 Å². The lowest BCUT2D eigenvalue weighted by Gasteiger charge is -2.41. The Labute approximate surface area is 509 Å². The van der Waals surface area contributed by atoms with Crippen LogP contribution < -0.4 is 21.3 Å². The minimum absolute atomic E-state index is 0.0188. The van der Waals surface area contributed by atoms with Gasteiger partial charge >= 0.3 is 0 Å². The summed E-state index contributed by atoms with van der Waals surface area (Å²) in [5.74, 6) is -9.14. The molecule has 0 spiro atoms. The summed E-state index contributed by atoms with van der Waals surface area (Å²) in [4.78, 5) is 169. The summed E-state index contributed by atoms with van der Waals surface area (Å²) in [6.45, 7) is 27.9. The van der Waals surface area contributed by atoms with E-state index in [1.165, 1.54) is 99.7 Å². The lowest BCUT2D eigenvalue weighted by molar-refractivity contribution is -0.156. The highest BCUT2D eigenvalue weighted by Gasteiger charge is 2.44. The largest absolute Gasteiger partial charge is 0.384 e. The third-order valence-electron chi connectivity index (χ3n) is 16.1. The van der Waals surface area contributed by atoms with E-state index in [0.717, 1.165) is 4.90 Å². The second-order valence-electron chi connectivity index (χ2n) is 25.8. The Morgan fingerprint density at radius 3 is 1.40 bits per heavy atom. The predicted molar refractivity (Wildman–Crippen MR) is 329 cm³/mol. The fourth-order valence-corrected chi connectivity index (χ4v) is 10.9. The van der Waals surface area contributed by atoms with Gasteiger partial charge < -0.3 is 60.3 Å². The lowest BCUT2D eigenvalue weighted by atomic mass is 9.93. The number of ether oxygens (including phenoxy) is 1. The van der Waals surface area contributed by atoms with Crippen LogP contribution >= 0.6 is 0 Å². The number of carbonyl (C=O) groups excluding carboxylic acids is 11. The van der Waals surface area contributed by atoms with E-state index in [2.05, 4.69) is 21.3 Å². The monoisotopic (exact) mass is 1200 g/mol. The number of amides is 11. The first-order valence-electron chi connectivity index (χ1n) is 30.5. The van der Waals surface area contributed by atoms with Crippen molar-refractivity contribution < 1.29 is 57.5 Å². The molecule has 23 nitrogen and oxygen atoms in total. The Morgan fingerprint density at radius 2 is 0.929 bits per heavy atom. The van der Waals surface area contributed by atoms with Crippen LogP contribution in [-0.2, 0) is 57.5 Å². The third-order valence-corrected chi connectivity index (χ3v) is 16.1. The van der Waals surface area contributed by atoms with Gasteiger partial charge in [-0.05, 0) is 94.8 Å². The van der Waals surface area contributed by atoms with Crippen LogP contribution in [0.3, 0.4) is 0 Å². The minimum atomic E-state index is -1.23. The molecule has 12 atom stereocenters. The first kappa shape index (κ1) is 76.9. The Balaban J connectivity index is 4.30. The number of nitrogens with zero attached hydrogens (tertiary/aromatic N) is 7. The summed E-state index contributed by atoms with van der Waals surface area (Å²) >= 11 is 0. The molecular formula is C62H111N11O12. The highest BCUT2D eigenvalue weighted by molar-refractivity contribution is 5.99. The summed E-state index contributed by atoms with van der Waals surface area (Å²) in [5.41, 5.74) is 0. The van der Waals surface area contributed by atoms with Crippen molar-refractivity contribution in [3.63, 3.8) is 0 Å². The van der Waals surface area contributed by atoms with Gasteiger partial charge in [0.25, 0.3) is 0 Å². The van der Waals surface area contributed by atoms with Gasteiger partial charge in [0.05, 0.1) is 13.2 Å². The van der Waals surface area contributed by atoms with Crippen LogP contribution in [0.2, 0.25) is 0 Å². The summed E-state index contributed by atoms with van der Waals surface area (Å²) in [6, 6.07) is -11.7. The summed E-state index contributed by atoms with van der Waals surface area (Å²) in [7, 11) is 11.6. The van der Waals surface area contributed by atoms with Crippen molar-refractivity contribution in [2.24, 2.45) is 41.4 Å². The molecule has 1 saturated heterocycles. The lowest BCUT2D eigenvalue weighted by Crippen LogP contribution is -2.61. The zero-order valence-electron chi connectivity index (χ0n) is 56.2. The molecule has 0 aliphatic carbocycles. The smallest absolute Gasteiger partial charge is 0.246 e. The first-order chi connectivity index (χ1) is 39.3. The van der Waals surface area contributed by atoms with Crippen LogP contribution in [0.25, 0.3) is 0 Å². The fourth-order valence-electron chi connectivity index (χ4n) is 10.9. The molecular weight excluding hydrogens is 1090 g/mol. The van der Waals surface area contributed by atoms with Gasteiger partial charge in [0.2, 0.25) is 65.0 Å². The Bertz CT molecular complexity index is 2310. The summed E-state index contributed by atoms with van der Waals surface area (Å²) in [5, 5.41) is 11.1. The van der Waals surface area contributed by atoms with E-state index >= 15 is 9.59 Å². The van der Waals surface area contributed by atoms with Crippen molar-refractivity contribution in [3.8, 4) is 0 Å². The number of hydrogen-bond donors (Lipinski definition) is 4. The van der Waals surface area contributed by atoms with Crippen LogP contribution in [0.5, 0.6) is 0 Å². The molecule has 85 heavy (non-hydrogen) atoms. The van der Waals surface area contributed by atoms with Crippen molar-refractivity contribution >= 4 is 65.0 Å². The predicted octanol–water partition coefficient (Wildman–Crippen LogP) is 3.53. The van der Waals surface area contributed by atoms with Crippen LogP contribution in [0.15, 0.2) is 12.2 Å². The molecule has 4 N–H and O–H groups in total. The Hall–Kier alpha value is -6.13. The van der Waals surface area contributed by atoms with Gasteiger partial charge in [0.1, 0.15) is 60.4 Å². The number of rotatable bonds is 16. The normalized spacial score (nSPS) is 26.8. The standard InChI is InChI=1S/C62H111N11O12/c1-25-27-28-40(13)32-46-55(77)65-44(26-2)58(80)67(17)33-49(74)72(22)52(41(14)34-85-24)56(78)66-50(38(9)10)61(83)68(18)45(29-35(3)4)54(76)63-42(15)53(75)64-43(16)57(79)70(20)47(30-36(5)6)59(81)71(21)48(31-37(7)8)60(82)73(23)51(39(11)12)62(84)69(46)19/h25,27,35-48,50-52H,26,28-34H2,1-24H3,(H,63,76)(H,64,75)(H,65,77)(H,66,78)/b27-25+/t40-,41-,42+,43-,44+,45+,46+,47+,48+,50?,51?,52+/m1/s1. The van der Waals surface area contributed by atoms with Crippen molar-refractivity contribution in [3.05, 3.63) is 12.2 Å². The Morgan fingerprint density at radius 1 is 0.482 bits per heavy atom. The van der Waals surface area contributed by atoms with Crippen LogP contribution in [0.1, 0.15) is 149 Å². The molecule has 1 fully saturated rings. The number of methoxy groups -OCH3 is 1. The van der Waals surface area contributed by atoms with E-state index in [9.17, 15) is 43.2 Å². The summed E-state index contributed by atoms with van der Waals surface area (Å²) in [6.07, 6.45) is 5.18. The van der Waals surface area contributed by atoms with Crippen LogP contribution in [-0.4, -0.2) is 229 Å².